The second-order valence-corrected chi connectivity index (χ2v) is 5.31. The van der Waals surface area contributed by atoms with Crippen molar-refractivity contribution < 1.29 is 9.59 Å². The first-order valence-electron chi connectivity index (χ1n) is 6.41. The predicted octanol–water partition coefficient (Wildman–Crippen LogP) is 1.92. The van der Waals surface area contributed by atoms with E-state index in [9.17, 15) is 20.1 Å². The third kappa shape index (κ3) is 2.16. The molecule has 0 unspecified atom stereocenters. The van der Waals surface area contributed by atoms with E-state index in [0.29, 0.717) is 17.0 Å². The molecule has 0 aromatic heterocycles. The molecule has 0 aliphatic carbocycles. The zero-order valence-electron chi connectivity index (χ0n) is 11.3. The molecule has 1 heterocycles. The summed E-state index contributed by atoms with van der Waals surface area (Å²) in [6.45, 7) is 1.76. The van der Waals surface area contributed by atoms with E-state index < -0.39 is 29.1 Å². The van der Waals surface area contributed by atoms with Crippen LogP contribution in [0.15, 0.2) is 24.3 Å². The molecular formula is C15H12ClN3O2. The number of benzene rings is 1. The number of halogens is 1. The van der Waals surface area contributed by atoms with E-state index in [1.807, 2.05) is 12.1 Å². The van der Waals surface area contributed by atoms with Gasteiger partial charge in [-0.2, -0.15) is 10.5 Å². The molecule has 1 saturated heterocycles. The first kappa shape index (κ1) is 15.0. The fourth-order valence-electron chi connectivity index (χ4n) is 2.95. The number of carbonyl (C=O) groups excluding carboxylic acids is 2. The Labute approximate surface area is 127 Å². The number of nitrogens with one attached hydrogen (secondary N) is 1. The fraction of sp³-hybridized carbons (Fsp3) is 0.333. The highest BCUT2D eigenvalue weighted by Crippen LogP contribution is 2.45. The molecule has 0 radical (unpaired) electrons. The molecule has 21 heavy (non-hydrogen) atoms. The summed E-state index contributed by atoms with van der Waals surface area (Å²) in [6.07, 6.45) is 0.310. The van der Waals surface area contributed by atoms with Gasteiger partial charge in [0, 0.05) is 10.4 Å². The Kier molecular flexibility index (Phi) is 3.97. The minimum atomic E-state index is -1.16. The molecule has 1 aromatic rings. The van der Waals surface area contributed by atoms with Crippen molar-refractivity contribution in [2.75, 3.05) is 0 Å². The molecule has 0 bridgehead atoms. The number of carbonyl (C=O) groups is 2. The normalized spacial score (nSPS) is 23.8. The largest absolute Gasteiger partial charge is 0.294 e. The van der Waals surface area contributed by atoms with Gasteiger partial charge in [-0.3, -0.25) is 14.9 Å². The average molecular weight is 302 g/mol. The Morgan fingerprint density at radius 3 is 2.00 bits per heavy atom. The molecule has 1 N–H and O–H groups in total. The Hall–Kier alpha value is -2.37. The minimum Gasteiger partial charge on any atom is -0.294 e. The van der Waals surface area contributed by atoms with Gasteiger partial charge in [0.1, 0.15) is 11.8 Å². The minimum absolute atomic E-state index is 0.310. The van der Waals surface area contributed by atoms with Crippen LogP contribution in [-0.4, -0.2) is 11.8 Å². The maximum absolute atomic E-state index is 12.0. The van der Waals surface area contributed by atoms with E-state index in [0.717, 1.165) is 0 Å². The van der Waals surface area contributed by atoms with E-state index >= 15 is 0 Å². The summed E-state index contributed by atoms with van der Waals surface area (Å²) in [5.41, 5.74) is -0.566. The van der Waals surface area contributed by atoms with Gasteiger partial charge in [0.25, 0.3) is 0 Å². The maximum atomic E-state index is 12.0. The van der Waals surface area contributed by atoms with Crippen LogP contribution in [-0.2, 0) is 15.0 Å². The van der Waals surface area contributed by atoms with E-state index in [1.54, 1.807) is 31.2 Å². The molecule has 2 rings (SSSR count). The molecule has 2 atom stereocenters. The van der Waals surface area contributed by atoms with Gasteiger partial charge in [-0.1, -0.05) is 30.7 Å². The van der Waals surface area contributed by atoms with Crippen molar-refractivity contribution in [3.05, 3.63) is 34.9 Å². The summed E-state index contributed by atoms with van der Waals surface area (Å²) in [7, 11) is 0. The summed E-state index contributed by atoms with van der Waals surface area (Å²) in [4.78, 5) is 24.0. The number of hydrogen-bond donors (Lipinski definition) is 1. The van der Waals surface area contributed by atoms with Gasteiger partial charge < -0.3 is 0 Å². The zero-order chi connectivity index (χ0) is 15.6. The number of nitriles is 2. The Bertz CT molecular complexity index is 638. The van der Waals surface area contributed by atoms with Crippen LogP contribution in [0.3, 0.4) is 0 Å². The number of imide groups is 1. The van der Waals surface area contributed by atoms with E-state index in [2.05, 4.69) is 5.32 Å². The third-order valence-electron chi connectivity index (χ3n) is 4.03. The SMILES string of the molecule is CCC1(c2ccc(Cl)cc2)[C@H](C#N)C(=O)NC(=O)[C@H]1C#N. The smallest absolute Gasteiger partial charge is 0.244 e. The summed E-state index contributed by atoms with van der Waals surface area (Å²) >= 11 is 5.86. The van der Waals surface area contributed by atoms with Crippen LogP contribution in [0.1, 0.15) is 18.9 Å². The van der Waals surface area contributed by atoms with E-state index in [1.165, 1.54) is 0 Å². The van der Waals surface area contributed by atoms with Gasteiger partial charge in [0.15, 0.2) is 0 Å². The first-order chi connectivity index (χ1) is 10.0. The summed E-state index contributed by atoms with van der Waals surface area (Å²) < 4.78 is 0. The van der Waals surface area contributed by atoms with Crippen LogP contribution in [0.25, 0.3) is 0 Å². The lowest BCUT2D eigenvalue weighted by atomic mass is 9.59. The van der Waals surface area contributed by atoms with Crippen LogP contribution >= 0.6 is 11.6 Å². The molecule has 1 fully saturated rings. The highest BCUT2D eigenvalue weighted by molar-refractivity contribution is 6.30. The standard InChI is InChI=1S/C15H12ClN3O2/c1-2-15(9-3-5-10(16)6-4-9)11(7-17)13(20)19-14(21)12(15)8-18/h3-6,11-12H,2H2,1H3,(H,19,20,21)/t11-,12-/m1/s1. The van der Waals surface area contributed by atoms with Gasteiger partial charge in [-0.25, -0.2) is 0 Å². The topological polar surface area (TPSA) is 93.8 Å². The lowest BCUT2D eigenvalue weighted by Crippen LogP contribution is -2.59. The van der Waals surface area contributed by atoms with Crippen LogP contribution in [0, 0.1) is 34.5 Å². The van der Waals surface area contributed by atoms with Crippen molar-refractivity contribution >= 4 is 23.4 Å². The van der Waals surface area contributed by atoms with Crippen molar-refractivity contribution in [3.8, 4) is 12.1 Å². The number of hydrogen-bond acceptors (Lipinski definition) is 4. The monoisotopic (exact) mass is 301 g/mol. The zero-order valence-corrected chi connectivity index (χ0v) is 12.0. The number of amides is 2. The lowest BCUT2D eigenvalue weighted by molar-refractivity contribution is -0.141. The fourth-order valence-corrected chi connectivity index (χ4v) is 3.08. The van der Waals surface area contributed by atoms with Crippen LogP contribution in [0.5, 0.6) is 0 Å². The molecule has 2 amide bonds. The quantitative estimate of drug-likeness (QED) is 0.844. The van der Waals surface area contributed by atoms with Crippen molar-refractivity contribution in [1.29, 1.82) is 10.5 Å². The molecule has 5 nitrogen and oxygen atoms in total. The van der Waals surface area contributed by atoms with E-state index in [-0.39, 0.29) is 0 Å². The van der Waals surface area contributed by atoms with Gasteiger partial charge in [0.05, 0.1) is 12.1 Å². The number of nitrogens with zero attached hydrogens (tertiary/aromatic N) is 2. The number of piperidine rings is 1. The van der Waals surface area contributed by atoms with E-state index in [4.69, 9.17) is 11.6 Å². The summed E-state index contributed by atoms with van der Waals surface area (Å²) in [5.74, 6) is -3.53. The molecule has 0 spiro atoms. The van der Waals surface area contributed by atoms with Gasteiger partial charge >= 0.3 is 0 Å². The molecule has 1 aliphatic heterocycles. The molecule has 1 aliphatic rings. The molecule has 106 valence electrons. The van der Waals surface area contributed by atoms with Gasteiger partial charge in [-0.15, -0.1) is 0 Å². The van der Waals surface area contributed by atoms with Crippen molar-refractivity contribution in [2.45, 2.75) is 18.8 Å². The first-order valence-corrected chi connectivity index (χ1v) is 6.79. The Morgan fingerprint density at radius 1 is 1.14 bits per heavy atom. The summed E-state index contributed by atoms with van der Waals surface area (Å²) in [5, 5.41) is 21.4. The van der Waals surface area contributed by atoms with Gasteiger partial charge in [-0.05, 0) is 24.1 Å². The highest BCUT2D eigenvalue weighted by atomic mass is 35.5. The number of rotatable bonds is 2. The molecule has 0 saturated carbocycles. The average Bonchev–Trinajstić information content (AvgIpc) is 2.47. The highest BCUT2D eigenvalue weighted by Gasteiger charge is 2.56. The maximum Gasteiger partial charge on any atom is 0.244 e. The molecule has 6 heteroatoms. The summed E-state index contributed by atoms with van der Waals surface area (Å²) in [6, 6.07) is 10.4. The van der Waals surface area contributed by atoms with Gasteiger partial charge in [0.2, 0.25) is 11.8 Å². The van der Waals surface area contributed by atoms with Crippen molar-refractivity contribution in [3.63, 3.8) is 0 Å². The second-order valence-electron chi connectivity index (χ2n) is 4.88. The van der Waals surface area contributed by atoms with Crippen LogP contribution in [0.4, 0.5) is 0 Å². The van der Waals surface area contributed by atoms with Crippen LogP contribution < -0.4 is 5.32 Å². The molecule has 1 aromatic carbocycles. The predicted molar refractivity (Wildman–Crippen MR) is 74.8 cm³/mol. The third-order valence-corrected chi connectivity index (χ3v) is 4.28. The lowest BCUT2D eigenvalue weighted by Gasteiger charge is -2.42. The Morgan fingerprint density at radius 2 is 1.62 bits per heavy atom. The molecular weight excluding hydrogens is 290 g/mol. The van der Waals surface area contributed by atoms with Crippen molar-refractivity contribution in [2.24, 2.45) is 11.8 Å². The van der Waals surface area contributed by atoms with Crippen molar-refractivity contribution in [1.82, 2.24) is 5.32 Å². The second kappa shape index (κ2) is 5.55. The Balaban J connectivity index is 2.72. The van der Waals surface area contributed by atoms with Crippen LogP contribution in [0.2, 0.25) is 5.02 Å².